The molecule has 1 aromatic heterocycles. The summed E-state index contributed by atoms with van der Waals surface area (Å²) in [6.07, 6.45) is 5.56. The van der Waals surface area contributed by atoms with Crippen LogP contribution in [0.3, 0.4) is 0 Å². The smallest absolute Gasteiger partial charge is 0.243 e. The molecule has 1 unspecified atom stereocenters. The van der Waals surface area contributed by atoms with Crippen molar-refractivity contribution in [3.05, 3.63) is 18.2 Å². The van der Waals surface area contributed by atoms with Crippen LogP contribution >= 0.6 is 0 Å². The highest BCUT2D eigenvalue weighted by Gasteiger charge is 2.21. The third kappa shape index (κ3) is 3.88. The lowest BCUT2D eigenvalue weighted by Gasteiger charge is -2.24. The van der Waals surface area contributed by atoms with Crippen LogP contribution < -0.4 is 5.32 Å². The Labute approximate surface area is 103 Å². The fraction of sp³-hybridized carbons (Fsp3) is 0.692. The number of imidazole rings is 1. The topological polar surface area (TPSA) is 46.9 Å². The molecule has 1 N–H and O–H groups in total. The molecule has 0 saturated carbocycles. The van der Waals surface area contributed by atoms with Crippen molar-refractivity contribution in [2.45, 2.75) is 59.0 Å². The zero-order chi connectivity index (χ0) is 13.1. The second-order valence-corrected chi connectivity index (χ2v) is 5.42. The average molecular weight is 237 g/mol. The van der Waals surface area contributed by atoms with Gasteiger partial charge in [-0.15, -0.1) is 0 Å². The highest BCUT2D eigenvalue weighted by molar-refractivity contribution is 5.80. The van der Waals surface area contributed by atoms with Crippen molar-refractivity contribution in [3.63, 3.8) is 0 Å². The van der Waals surface area contributed by atoms with Crippen molar-refractivity contribution < 1.29 is 4.79 Å². The van der Waals surface area contributed by atoms with E-state index >= 15 is 0 Å². The standard InChI is InChI=1S/C13H23N3O/c1-6-7-11-14-8-9-16(11)10(2)12(17)15-13(3,4)5/h8-10H,6-7H2,1-5H3,(H,15,17). The number of aromatic nitrogens is 2. The molecule has 17 heavy (non-hydrogen) atoms. The van der Waals surface area contributed by atoms with Gasteiger partial charge in [-0.1, -0.05) is 6.92 Å². The molecule has 1 heterocycles. The van der Waals surface area contributed by atoms with Crippen molar-refractivity contribution in [1.82, 2.24) is 14.9 Å². The molecule has 1 atom stereocenters. The van der Waals surface area contributed by atoms with Gasteiger partial charge in [0.1, 0.15) is 11.9 Å². The Morgan fingerprint density at radius 3 is 2.71 bits per heavy atom. The second kappa shape index (κ2) is 5.34. The Kier molecular flexibility index (Phi) is 4.32. The van der Waals surface area contributed by atoms with Crippen molar-refractivity contribution >= 4 is 5.91 Å². The third-order valence-corrected chi connectivity index (χ3v) is 2.52. The van der Waals surface area contributed by atoms with Crippen LogP contribution in [-0.2, 0) is 11.2 Å². The number of hydrogen-bond acceptors (Lipinski definition) is 2. The summed E-state index contributed by atoms with van der Waals surface area (Å²) >= 11 is 0. The highest BCUT2D eigenvalue weighted by Crippen LogP contribution is 2.12. The van der Waals surface area contributed by atoms with Crippen molar-refractivity contribution in [2.24, 2.45) is 0 Å². The van der Waals surface area contributed by atoms with E-state index in [0.29, 0.717) is 0 Å². The van der Waals surface area contributed by atoms with E-state index in [-0.39, 0.29) is 17.5 Å². The van der Waals surface area contributed by atoms with E-state index in [4.69, 9.17) is 0 Å². The first-order valence-electron chi connectivity index (χ1n) is 6.19. The molecule has 0 aliphatic rings. The van der Waals surface area contributed by atoms with Crippen LogP contribution in [0.4, 0.5) is 0 Å². The minimum absolute atomic E-state index is 0.0350. The number of amides is 1. The van der Waals surface area contributed by atoms with Gasteiger partial charge in [-0.05, 0) is 34.1 Å². The number of nitrogens with zero attached hydrogens (tertiary/aromatic N) is 2. The van der Waals surface area contributed by atoms with E-state index in [9.17, 15) is 4.79 Å². The van der Waals surface area contributed by atoms with Gasteiger partial charge in [0, 0.05) is 24.4 Å². The quantitative estimate of drug-likeness (QED) is 0.873. The maximum atomic E-state index is 12.1. The van der Waals surface area contributed by atoms with Crippen molar-refractivity contribution in [1.29, 1.82) is 0 Å². The largest absolute Gasteiger partial charge is 0.350 e. The Balaban J connectivity index is 2.78. The zero-order valence-electron chi connectivity index (χ0n) is 11.4. The van der Waals surface area contributed by atoms with Crippen LogP contribution in [0.25, 0.3) is 0 Å². The average Bonchev–Trinajstić information content (AvgIpc) is 2.62. The highest BCUT2D eigenvalue weighted by atomic mass is 16.2. The first-order chi connectivity index (χ1) is 7.85. The second-order valence-electron chi connectivity index (χ2n) is 5.42. The number of hydrogen-bond donors (Lipinski definition) is 1. The summed E-state index contributed by atoms with van der Waals surface area (Å²) in [5, 5.41) is 2.99. The van der Waals surface area contributed by atoms with Gasteiger partial charge in [0.2, 0.25) is 5.91 Å². The van der Waals surface area contributed by atoms with E-state index in [1.54, 1.807) is 6.20 Å². The van der Waals surface area contributed by atoms with E-state index < -0.39 is 0 Å². The molecule has 0 aliphatic heterocycles. The minimum atomic E-state index is -0.210. The first-order valence-corrected chi connectivity index (χ1v) is 6.19. The molecule has 1 aromatic rings. The Morgan fingerprint density at radius 1 is 1.53 bits per heavy atom. The van der Waals surface area contributed by atoms with E-state index in [1.807, 2.05) is 38.5 Å². The van der Waals surface area contributed by atoms with Gasteiger partial charge in [-0.3, -0.25) is 4.79 Å². The first kappa shape index (κ1) is 13.7. The predicted octanol–water partition coefficient (Wildman–Crippen LogP) is 2.31. The predicted molar refractivity (Wildman–Crippen MR) is 68.8 cm³/mol. The van der Waals surface area contributed by atoms with Crippen molar-refractivity contribution in [3.8, 4) is 0 Å². The molecule has 0 fully saturated rings. The molecule has 0 aliphatic carbocycles. The minimum Gasteiger partial charge on any atom is -0.350 e. The molecule has 0 aromatic carbocycles. The van der Waals surface area contributed by atoms with E-state index in [2.05, 4.69) is 17.2 Å². The molecule has 0 bridgehead atoms. The Hall–Kier alpha value is -1.32. The summed E-state index contributed by atoms with van der Waals surface area (Å²) in [5.41, 5.74) is -0.198. The monoisotopic (exact) mass is 237 g/mol. The zero-order valence-corrected chi connectivity index (χ0v) is 11.4. The van der Waals surface area contributed by atoms with Crippen LogP contribution in [-0.4, -0.2) is 21.0 Å². The molecule has 1 amide bonds. The van der Waals surface area contributed by atoms with Crippen LogP contribution in [0, 0.1) is 0 Å². The van der Waals surface area contributed by atoms with E-state index in [0.717, 1.165) is 18.7 Å². The number of aryl methyl sites for hydroxylation is 1. The Bertz CT molecular complexity index is 376. The normalized spacial score (nSPS) is 13.5. The van der Waals surface area contributed by atoms with Crippen LogP contribution in [0.5, 0.6) is 0 Å². The maximum Gasteiger partial charge on any atom is 0.243 e. The van der Waals surface area contributed by atoms with Gasteiger partial charge in [-0.2, -0.15) is 0 Å². The summed E-state index contributed by atoms with van der Waals surface area (Å²) in [5.74, 6) is 1.01. The molecule has 96 valence electrons. The Morgan fingerprint density at radius 2 is 2.18 bits per heavy atom. The lowest BCUT2D eigenvalue weighted by molar-refractivity contribution is -0.125. The summed E-state index contributed by atoms with van der Waals surface area (Å²) in [4.78, 5) is 16.3. The van der Waals surface area contributed by atoms with Crippen molar-refractivity contribution in [2.75, 3.05) is 0 Å². The van der Waals surface area contributed by atoms with Gasteiger partial charge in [-0.25, -0.2) is 4.98 Å². The van der Waals surface area contributed by atoms with Gasteiger partial charge in [0.05, 0.1) is 0 Å². The van der Waals surface area contributed by atoms with E-state index in [1.165, 1.54) is 0 Å². The van der Waals surface area contributed by atoms with Gasteiger partial charge < -0.3 is 9.88 Å². The maximum absolute atomic E-state index is 12.1. The molecule has 0 saturated heterocycles. The fourth-order valence-electron chi connectivity index (χ4n) is 1.71. The fourth-order valence-corrected chi connectivity index (χ4v) is 1.71. The van der Waals surface area contributed by atoms with Crippen LogP contribution in [0.1, 0.15) is 52.9 Å². The molecule has 1 rings (SSSR count). The third-order valence-electron chi connectivity index (χ3n) is 2.52. The molecule has 0 spiro atoms. The summed E-state index contributed by atoms with van der Waals surface area (Å²) in [6, 6.07) is -0.210. The van der Waals surface area contributed by atoms with Gasteiger partial charge >= 0.3 is 0 Å². The molecule has 4 heteroatoms. The number of rotatable bonds is 4. The summed E-state index contributed by atoms with van der Waals surface area (Å²) < 4.78 is 1.95. The lowest BCUT2D eigenvalue weighted by atomic mass is 10.1. The van der Waals surface area contributed by atoms with Crippen LogP contribution in [0.15, 0.2) is 12.4 Å². The molecular weight excluding hydrogens is 214 g/mol. The van der Waals surface area contributed by atoms with Gasteiger partial charge in [0.15, 0.2) is 0 Å². The number of carbonyl (C=O) groups is 1. The summed E-state index contributed by atoms with van der Waals surface area (Å²) in [6.45, 7) is 9.97. The number of carbonyl (C=O) groups excluding carboxylic acids is 1. The molecule has 0 radical (unpaired) electrons. The SMILES string of the molecule is CCCc1nccn1C(C)C(=O)NC(C)(C)C. The molecule has 4 nitrogen and oxygen atoms in total. The number of nitrogens with one attached hydrogen (secondary N) is 1. The van der Waals surface area contributed by atoms with Gasteiger partial charge in [0.25, 0.3) is 0 Å². The lowest BCUT2D eigenvalue weighted by Crippen LogP contribution is -2.43. The summed E-state index contributed by atoms with van der Waals surface area (Å²) in [7, 11) is 0. The van der Waals surface area contributed by atoms with Crippen LogP contribution in [0.2, 0.25) is 0 Å². The molecular formula is C13H23N3O.